The van der Waals surface area contributed by atoms with Crippen LogP contribution >= 0.6 is 91.0 Å². The first-order chi connectivity index (χ1) is 13.1. The topological polar surface area (TPSA) is 128 Å². The van der Waals surface area contributed by atoms with Gasteiger partial charge in [-0.3, -0.25) is 19.2 Å². The van der Waals surface area contributed by atoms with E-state index < -0.39 is 23.7 Å². The van der Waals surface area contributed by atoms with Gasteiger partial charge in [0.05, 0.1) is 30.6 Å². The molecule has 0 saturated heterocycles. The average Bonchev–Trinajstić information content (AvgIpc) is 2.63. The summed E-state index contributed by atoms with van der Waals surface area (Å²) in [5.41, 5.74) is 6.10. The van der Waals surface area contributed by atoms with Crippen molar-refractivity contribution in [3.05, 3.63) is 21.8 Å². The average molecular weight is 768 g/mol. The van der Waals surface area contributed by atoms with Crippen molar-refractivity contribution in [2.75, 3.05) is 30.2 Å². The standard InChI is InChI=1S/C15H14Cl2I3N3O5/c16-4-6(24)23-13-11(19)8(14(21)26)10(18)9(12(13)20)15(27)22-2-1-3-28-7(25)5-17/h1-5H2,(H2,21,26)(H,22,27)(H,23,24). The molecule has 0 aromatic heterocycles. The fraction of sp³-hybridized carbons (Fsp3) is 0.333. The van der Waals surface area contributed by atoms with E-state index >= 15 is 0 Å². The van der Waals surface area contributed by atoms with Gasteiger partial charge in [-0.15, -0.1) is 23.2 Å². The van der Waals surface area contributed by atoms with Crippen molar-refractivity contribution < 1.29 is 23.9 Å². The lowest BCUT2D eigenvalue weighted by Crippen LogP contribution is -2.30. The number of halogens is 5. The molecule has 0 atom stereocenters. The van der Waals surface area contributed by atoms with E-state index in [0.717, 1.165) is 0 Å². The molecule has 0 radical (unpaired) electrons. The Morgan fingerprint density at radius 3 is 2.11 bits per heavy atom. The van der Waals surface area contributed by atoms with Gasteiger partial charge < -0.3 is 21.1 Å². The maximum absolute atomic E-state index is 12.7. The van der Waals surface area contributed by atoms with E-state index in [1.165, 1.54) is 0 Å². The van der Waals surface area contributed by atoms with Gasteiger partial charge in [0.1, 0.15) is 11.8 Å². The third-order valence-corrected chi connectivity index (χ3v) is 6.85. The fourth-order valence-corrected chi connectivity index (χ4v) is 6.55. The number of primary amides is 1. The van der Waals surface area contributed by atoms with E-state index in [2.05, 4.69) is 10.6 Å². The summed E-state index contributed by atoms with van der Waals surface area (Å²) in [5.74, 6) is -2.74. The van der Waals surface area contributed by atoms with Crippen LogP contribution in [0.4, 0.5) is 5.69 Å². The van der Waals surface area contributed by atoms with Gasteiger partial charge in [0.15, 0.2) is 0 Å². The summed E-state index contributed by atoms with van der Waals surface area (Å²) in [7, 11) is 0. The van der Waals surface area contributed by atoms with Crippen molar-refractivity contribution in [1.29, 1.82) is 0 Å². The predicted octanol–water partition coefficient (Wildman–Crippen LogP) is 2.68. The van der Waals surface area contributed by atoms with Gasteiger partial charge in [-0.2, -0.15) is 0 Å². The van der Waals surface area contributed by atoms with Gasteiger partial charge in [0, 0.05) is 10.1 Å². The van der Waals surface area contributed by atoms with Gasteiger partial charge in [-0.05, 0) is 74.2 Å². The van der Waals surface area contributed by atoms with Crippen molar-refractivity contribution >= 4 is 120 Å². The van der Waals surface area contributed by atoms with Gasteiger partial charge in [0.25, 0.3) is 11.8 Å². The monoisotopic (exact) mass is 767 g/mol. The smallest absolute Gasteiger partial charge is 0.320 e. The second-order valence-corrected chi connectivity index (χ2v) is 8.85. The molecule has 0 fully saturated rings. The summed E-state index contributed by atoms with van der Waals surface area (Å²) in [5, 5.41) is 5.28. The first-order valence-electron chi connectivity index (χ1n) is 7.51. The van der Waals surface area contributed by atoms with Crippen LogP contribution in [0, 0.1) is 10.7 Å². The molecular weight excluding hydrogens is 754 g/mol. The molecule has 0 aliphatic rings. The molecule has 0 aliphatic heterocycles. The second-order valence-electron chi connectivity index (χ2n) is 5.08. The highest BCUT2D eigenvalue weighted by atomic mass is 127. The zero-order chi connectivity index (χ0) is 21.4. The van der Waals surface area contributed by atoms with Gasteiger partial charge in [0.2, 0.25) is 5.91 Å². The number of carbonyl (C=O) groups excluding carboxylic acids is 4. The predicted molar refractivity (Wildman–Crippen MR) is 131 cm³/mol. The molecule has 0 spiro atoms. The lowest BCUT2D eigenvalue weighted by molar-refractivity contribution is -0.140. The molecule has 0 bridgehead atoms. The van der Waals surface area contributed by atoms with Crippen molar-refractivity contribution in [3.8, 4) is 0 Å². The summed E-state index contributed by atoms with van der Waals surface area (Å²) in [4.78, 5) is 47.3. The van der Waals surface area contributed by atoms with Crippen LogP contribution in [0.1, 0.15) is 27.1 Å². The van der Waals surface area contributed by atoms with Crippen molar-refractivity contribution in [1.82, 2.24) is 5.32 Å². The molecule has 4 N–H and O–H groups in total. The normalized spacial score (nSPS) is 10.3. The Balaban J connectivity index is 3.12. The highest BCUT2D eigenvalue weighted by Crippen LogP contribution is 2.35. The fourth-order valence-electron chi connectivity index (χ4n) is 1.95. The lowest BCUT2D eigenvalue weighted by atomic mass is 10.1. The number of nitrogens with two attached hydrogens (primary N) is 1. The van der Waals surface area contributed by atoms with Crippen molar-refractivity contribution in [2.24, 2.45) is 5.73 Å². The number of nitrogens with one attached hydrogen (secondary N) is 2. The number of esters is 1. The van der Waals surface area contributed by atoms with Crippen LogP contribution in [0.2, 0.25) is 0 Å². The molecule has 28 heavy (non-hydrogen) atoms. The minimum atomic E-state index is -0.728. The molecule has 0 unspecified atom stereocenters. The number of carbonyl (C=O) groups is 4. The second kappa shape index (κ2) is 12.5. The number of hydrogen-bond acceptors (Lipinski definition) is 5. The van der Waals surface area contributed by atoms with E-state index in [1.807, 2.05) is 67.8 Å². The minimum Gasteiger partial charge on any atom is -0.465 e. The molecule has 8 nitrogen and oxygen atoms in total. The molecule has 1 aromatic rings. The van der Waals surface area contributed by atoms with Crippen LogP contribution in [0.25, 0.3) is 0 Å². The number of rotatable bonds is 9. The molecular formula is C15H14Cl2I3N3O5. The molecule has 154 valence electrons. The molecule has 1 rings (SSSR count). The maximum atomic E-state index is 12.7. The Morgan fingerprint density at radius 1 is 0.964 bits per heavy atom. The molecule has 0 saturated carbocycles. The van der Waals surface area contributed by atoms with Gasteiger partial charge in [-0.1, -0.05) is 0 Å². The Bertz CT molecular complexity index is 808. The largest absolute Gasteiger partial charge is 0.465 e. The SMILES string of the molecule is NC(=O)c1c(I)c(NC(=O)CCl)c(I)c(C(=O)NCCCOC(=O)CCl)c1I. The number of alkyl halides is 2. The maximum Gasteiger partial charge on any atom is 0.320 e. The molecule has 1 aromatic carbocycles. The van der Waals surface area contributed by atoms with Crippen LogP contribution in [-0.4, -0.2) is 48.6 Å². The van der Waals surface area contributed by atoms with Gasteiger partial charge >= 0.3 is 5.97 Å². The van der Waals surface area contributed by atoms with Crippen molar-refractivity contribution in [2.45, 2.75) is 6.42 Å². The zero-order valence-corrected chi connectivity index (χ0v) is 22.0. The quantitative estimate of drug-likeness (QED) is 0.154. The van der Waals surface area contributed by atoms with E-state index in [1.54, 1.807) is 0 Å². The molecule has 0 heterocycles. The van der Waals surface area contributed by atoms with Crippen molar-refractivity contribution in [3.63, 3.8) is 0 Å². The Kier molecular flexibility index (Phi) is 11.6. The van der Waals surface area contributed by atoms with Crippen LogP contribution in [0.5, 0.6) is 0 Å². The van der Waals surface area contributed by atoms with Crippen LogP contribution < -0.4 is 16.4 Å². The van der Waals surface area contributed by atoms with Crippen LogP contribution in [-0.2, 0) is 14.3 Å². The number of benzene rings is 1. The third kappa shape index (κ3) is 6.98. The Hall–Kier alpha value is -0.130. The van der Waals surface area contributed by atoms with Crippen LogP contribution in [0.15, 0.2) is 0 Å². The number of ether oxygens (including phenoxy) is 1. The summed E-state index contributed by atoms with van der Waals surface area (Å²) in [6.07, 6.45) is 0.379. The van der Waals surface area contributed by atoms with E-state index in [-0.39, 0.29) is 36.0 Å². The first kappa shape index (κ1) is 25.9. The molecule has 3 amide bonds. The summed E-state index contributed by atoms with van der Waals surface area (Å²) < 4.78 is 6.05. The van der Waals surface area contributed by atoms with Crippen LogP contribution in [0.3, 0.4) is 0 Å². The van der Waals surface area contributed by atoms with E-state index in [9.17, 15) is 19.2 Å². The molecule has 13 heteroatoms. The van der Waals surface area contributed by atoms with E-state index in [0.29, 0.717) is 22.8 Å². The summed E-state index contributed by atoms with van der Waals surface area (Å²) in [6, 6.07) is 0. The Morgan fingerprint density at radius 2 is 1.57 bits per heavy atom. The first-order valence-corrected chi connectivity index (χ1v) is 11.8. The third-order valence-electron chi connectivity index (χ3n) is 3.16. The van der Waals surface area contributed by atoms with E-state index in [4.69, 9.17) is 33.7 Å². The molecule has 0 aliphatic carbocycles. The summed E-state index contributed by atoms with van der Waals surface area (Å²) in [6.45, 7) is 0.331. The number of anilines is 1. The number of amides is 3. The zero-order valence-electron chi connectivity index (χ0n) is 14.0. The minimum absolute atomic E-state index is 0.107. The Labute approximate surface area is 211 Å². The number of hydrogen-bond donors (Lipinski definition) is 3. The van der Waals surface area contributed by atoms with Gasteiger partial charge in [-0.25, -0.2) is 0 Å². The summed E-state index contributed by atoms with van der Waals surface area (Å²) >= 11 is 16.5. The highest BCUT2D eigenvalue weighted by Gasteiger charge is 2.27. The lowest BCUT2D eigenvalue weighted by Gasteiger charge is -2.18. The highest BCUT2D eigenvalue weighted by molar-refractivity contribution is 14.1.